The van der Waals surface area contributed by atoms with Crippen molar-refractivity contribution in [1.29, 1.82) is 0 Å². The molecule has 1 atom stereocenters. The Labute approximate surface area is 96.8 Å². The zero-order valence-corrected chi connectivity index (χ0v) is 9.04. The number of rotatable bonds is 3. The van der Waals surface area contributed by atoms with Crippen LogP contribution in [0.5, 0.6) is 0 Å². The molecular formula is C10H12N2O5. The van der Waals surface area contributed by atoms with Crippen LogP contribution in [0.1, 0.15) is 23.4 Å². The van der Waals surface area contributed by atoms with Crippen LogP contribution in [-0.4, -0.2) is 40.0 Å². The lowest BCUT2D eigenvalue weighted by atomic mass is 10.2. The zero-order valence-electron chi connectivity index (χ0n) is 9.04. The van der Waals surface area contributed by atoms with Gasteiger partial charge in [-0.2, -0.15) is 0 Å². The highest BCUT2D eigenvalue weighted by molar-refractivity contribution is 5.92. The van der Waals surface area contributed by atoms with E-state index in [1.807, 2.05) is 0 Å². The van der Waals surface area contributed by atoms with Gasteiger partial charge >= 0.3 is 5.88 Å². The molecule has 0 aromatic carbocycles. The average molecular weight is 240 g/mol. The summed E-state index contributed by atoms with van der Waals surface area (Å²) in [4.78, 5) is 23.2. The van der Waals surface area contributed by atoms with E-state index in [0.29, 0.717) is 6.54 Å². The molecule has 1 N–H and O–H groups in total. The third-order valence-corrected chi connectivity index (χ3v) is 2.83. The van der Waals surface area contributed by atoms with E-state index in [-0.39, 0.29) is 18.4 Å². The van der Waals surface area contributed by atoms with Crippen molar-refractivity contribution in [1.82, 2.24) is 4.90 Å². The molecule has 7 heteroatoms. The molecule has 1 saturated heterocycles. The summed E-state index contributed by atoms with van der Waals surface area (Å²) < 4.78 is 4.84. The lowest BCUT2D eigenvalue weighted by molar-refractivity contribution is -0.402. The molecule has 1 aromatic rings. The molecule has 0 bridgehead atoms. The second kappa shape index (κ2) is 4.54. The largest absolute Gasteiger partial charge is 0.433 e. The summed E-state index contributed by atoms with van der Waals surface area (Å²) in [7, 11) is 0. The van der Waals surface area contributed by atoms with Gasteiger partial charge in [-0.25, -0.2) is 0 Å². The van der Waals surface area contributed by atoms with Gasteiger partial charge in [0.05, 0.1) is 18.7 Å². The number of amides is 1. The molecule has 1 fully saturated rings. The Morgan fingerprint density at radius 2 is 2.41 bits per heavy atom. The van der Waals surface area contributed by atoms with E-state index in [2.05, 4.69) is 0 Å². The Morgan fingerprint density at radius 3 is 3.00 bits per heavy atom. The first kappa shape index (κ1) is 11.6. The molecule has 1 aliphatic rings. The monoisotopic (exact) mass is 240 g/mol. The lowest BCUT2D eigenvalue weighted by Gasteiger charge is -2.21. The fraction of sp³-hybridized carbons (Fsp3) is 0.500. The van der Waals surface area contributed by atoms with Crippen molar-refractivity contribution in [2.75, 3.05) is 13.2 Å². The number of aliphatic hydroxyl groups is 1. The summed E-state index contributed by atoms with van der Waals surface area (Å²) in [5.74, 6) is -0.917. The maximum absolute atomic E-state index is 12.0. The molecule has 1 aromatic heterocycles. The summed E-state index contributed by atoms with van der Waals surface area (Å²) in [6.07, 6.45) is 1.56. The molecular weight excluding hydrogens is 228 g/mol. The first-order valence-corrected chi connectivity index (χ1v) is 5.29. The van der Waals surface area contributed by atoms with E-state index in [0.717, 1.165) is 18.9 Å². The van der Waals surface area contributed by atoms with E-state index < -0.39 is 16.7 Å². The van der Waals surface area contributed by atoms with Gasteiger partial charge in [-0.1, -0.05) is 0 Å². The molecule has 2 heterocycles. The van der Waals surface area contributed by atoms with Gasteiger partial charge in [0.1, 0.15) is 4.92 Å². The summed E-state index contributed by atoms with van der Waals surface area (Å²) in [6, 6.07) is 2.22. The highest BCUT2D eigenvalue weighted by Crippen LogP contribution is 2.22. The summed E-state index contributed by atoms with van der Waals surface area (Å²) in [5, 5.41) is 19.5. The van der Waals surface area contributed by atoms with Gasteiger partial charge < -0.3 is 14.4 Å². The van der Waals surface area contributed by atoms with Crippen LogP contribution in [-0.2, 0) is 0 Å². The second-order valence-electron chi connectivity index (χ2n) is 3.87. The topological polar surface area (TPSA) is 96.8 Å². The number of hydrogen-bond donors (Lipinski definition) is 1. The predicted octanol–water partition coefficient (Wildman–Crippen LogP) is 0.785. The number of furan rings is 1. The van der Waals surface area contributed by atoms with Gasteiger partial charge in [0.25, 0.3) is 5.91 Å². The third-order valence-electron chi connectivity index (χ3n) is 2.83. The van der Waals surface area contributed by atoms with Crippen LogP contribution >= 0.6 is 0 Å². The number of nitrogens with zero attached hydrogens (tertiary/aromatic N) is 2. The maximum Gasteiger partial charge on any atom is 0.433 e. The lowest BCUT2D eigenvalue weighted by Crippen LogP contribution is -2.37. The van der Waals surface area contributed by atoms with Crippen molar-refractivity contribution < 1.29 is 19.2 Å². The predicted molar refractivity (Wildman–Crippen MR) is 56.5 cm³/mol. The van der Waals surface area contributed by atoms with Crippen molar-refractivity contribution in [2.24, 2.45) is 0 Å². The molecule has 7 nitrogen and oxygen atoms in total. The normalized spacial score (nSPS) is 19.6. The van der Waals surface area contributed by atoms with Gasteiger partial charge in [0, 0.05) is 6.54 Å². The number of carbonyl (C=O) groups excluding carboxylic acids is 1. The molecule has 1 amide bonds. The summed E-state index contributed by atoms with van der Waals surface area (Å²) in [6.45, 7) is 0.438. The highest BCUT2D eigenvalue weighted by Gasteiger charge is 2.31. The third kappa shape index (κ3) is 2.14. The van der Waals surface area contributed by atoms with Crippen LogP contribution in [0.4, 0.5) is 5.88 Å². The Kier molecular flexibility index (Phi) is 3.10. The second-order valence-corrected chi connectivity index (χ2v) is 3.87. The minimum Gasteiger partial charge on any atom is -0.395 e. The minimum atomic E-state index is -0.690. The first-order chi connectivity index (χ1) is 8.13. The molecule has 1 aliphatic heterocycles. The molecule has 0 spiro atoms. The van der Waals surface area contributed by atoms with Crippen molar-refractivity contribution >= 4 is 11.8 Å². The van der Waals surface area contributed by atoms with Crippen LogP contribution in [0.2, 0.25) is 0 Å². The maximum atomic E-state index is 12.0. The van der Waals surface area contributed by atoms with Crippen molar-refractivity contribution in [3.63, 3.8) is 0 Å². The van der Waals surface area contributed by atoms with E-state index >= 15 is 0 Å². The minimum absolute atomic E-state index is 0.0583. The van der Waals surface area contributed by atoms with Crippen LogP contribution in [0.25, 0.3) is 0 Å². The van der Waals surface area contributed by atoms with Crippen LogP contribution in [0.3, 0.4) is 0 Å². The summed E-state index contributed by atoms with van der Waals surface area (Å²) >= 11 is 0. The van der Waals surface area contributed by atoms with Gasteiger partial charge in [-0.05, 0) is 18.9 Å². The van der Waals surface area contributed by atoms with Crippen LogP contribution < -0.4 is 0 Å². The SMILES string of the molecule is O=C(c1ccc([N+](=O)[O-])o1)N1CCC[C@H]1CO. The number of carbonyl (C=O) groups is 1. The Hall–Kier alpha value is -1.89. The highest BCUT2D eigenvalue weighted by atomic mass is 16.6. The van der Waals surface area contributed by atoms with Crippen LogP contribution in [0, 0.1) is 10.1 Å². The summed E-state index contributed by atoms with van der Waals surface area (Å²) in [5.41, 5.74) is 0. The standard InChI is InChI=1S/C10H12N2O5/c13-6-7-2-1-5-11(7)10(14)8-3-4-9(17-8)12(15)16/h3-4,7,13H,1-2,5-6H2/t7-/m0/s1. The van der Waals surface area contributed by atoms with Crippen molar-refractivity contribution in [3.8, 4) is 0 Å². The fourth-order valence-electron chi connectivity index (χ4n) is 1.98. The first-order valence-electron chi connectivity index (χ1n) is 5.29. The molecule has 0 aliphatic carbocycles. The molecule has 0 radical (unpaired) electrons. The van der Waals surface area contributed by atoms with Gasteiger partial charge in [0.15, 0.2) is 5.76 Å². The van der Waals surface area contributed by atoms with Gasteiger partial charge in [-0.15, -0.1) is 0 Å². The Morgan fingerprint density at radius 1 is 1.65 bits per heavy atom. The smallest absolute Gasteiger partial charge is 0.395 e. The van der Waals surface area contributed by atoms with Crippen molar-refractivity contribution in [2.45, 2.75) is 18.9 Å². The quantitative estimate of drug-likeness (QED) is 0.622. The average Bonchev–Trinajstić information content (AvgIpc) is 2.96. The van der Waals surface area contributed by atoms with Gasteiger partial charge in [0.2, 0.25) is 0 Å². The number of nitro groups is 1. The number of aliphatic hydroxyl groups excluding tert-OH is 1. The number of likely N-dealkylation sites (tertiary alicyclic amines) is 1. The number of hydrogen-bond acceptors (Lipinski definition) is 5. The molecule has 17 heavy (non-hydrogen) atoms. The fourth-order valence-corrected chi connectivity index (χ4v) is 1.98. The zero-order chi connectivity index (χ0) is 12.4. The Bertz CT molecular complexity index is 442. The molecule has 0 unspecified atom stereocenters. The Balaban J connectivity index is 2.16. The molecule has 2 rings (SSSR count). The van der Waals surface area contributed by atoms with E-state index in [1.165, 1.54) is 11.0 Å². The van der Waals surface area contributed by atoms with Gasteiger partial charge in [-0.3, -0.25) is 14.9 Å². The van der Waals surface area contributed by atoms with E-state index in [4.69, 9.17) is 9.52 Å². The molecule has 0 saturated carbocycles. The van der Waals surface area contributed by atoms with E-state index in [9.17, 15) is 14.9 Å². The van der Waals surface area contributed by atoms with Crippen molar-refractivity contribution in [3.05, 3.63) is 28.0 Å². The van der Waals surface area contributed by atoms with E-state index in [1.54, 1.807) is 0 Å². The molecule has 92 valence electrons. The van der Waals surface area contributed by atoms with Crippen LogP contribution in [0.15, 0.2) is 16.5 Å².